The van der Waals surface area contributed by atoms with Crippen LogP contribution in [0.15, 0.2) is 28.5 Å². The molecule has 2 heterocycles. The smallest absolute Gasteiger partial charge is 0.266 e. The minimum atomic E-state index is -0.0767. The average molecular weight is 250 g/mol. The maximum absolute atomic E-state index is 11.6. The lowest BCUT2D eigenvalue weighted by Crippen LogP contribution is -2.28. The van der Waals surface area contributed by atoms with Crippen molar-refractivity contribution in [3.05, 3.63) is 34.1 Å². The van der Waals surface area contributed by atoms with Gasteiger partial charge in [-0.15, -0.1) is 11.3 Å². The molecule has 0 amide bonds. The standard InChI is InChI=1S/C11H14N4OS/c1-14(2)6-7-15-10(16)4-3-9(13-15)11-12-5-8-17-11/h3-5,8H,6-7H2,1-2H3. The Morgan fingerprint density at radius 3 is 2.88 bits per heavy atom. The fourth-order valence-corrected chi connectivity index (χ4v) is 1.97. The van der Waals surface area contributed by atoms with E-state index in [9.17, 15) is 4.79 Å². The molecule has 2 aromatic rings. The van der Waals surface area contributed by atoms with Gasteiger partial charge in [0.15, 0.2) is 0 Å². The van der Waals surface area contributed by atoms with Crippen LogP contribution in [0.4, 0.5) is 0 Å². The zero-order valence-corrected chi connectivity index (χ0v) is 10.6. The first-order valence-corrected chi connectivity index (χ1v) is 6.17. The van der Waals surface area contributed by atoms with E-state index in [0.29, 0.717) is 6.54 Å². The van der Waals surface area contributed by atoms with E-state index in [-0.39, 0.29) is 5.56 Å². The van der Waals surface area contributed by atoms with Gasteiger partial charge in [0.1, 0.15) is 10.7 Å². The Hall–Kier alpha value is -1.53. The SMILES string of the molecule is CN(C)CCn1nc(-c2nccs2)ccc1=O. The second-order valence-electron chi connectivity index (χ2n) is 3.92. The average Bonchev–Trinajstić information content (AvgIpc) is 2.81. The minimum absolute atomic E-state index is 0.0767. The number of thiazole rings is 1. The van der Waals surface area contributed by atoms with E-state index in [4.69, 9.17) is 0 Å². The quantitative estimate of drug-likeness (QED) is 0.810. The molecular formula is C11H14N4OS. The van der Waals surface area contributed by atoms with Crippen LogP contribution in [0.5, 0.6) is 0 Å². The van der Waals surface area contributed by atoms with E-state index in [1.807, 2.05) is 24.4 Å². The van der Waals surface area contributed by atoms with Crippen LogP contribution >= 0.6 is 11.3 Å². The van der Waals surface area contributed by atoms with Crippen LogP contribution < -0.4 is 5.56 Å². The Morgan fingerprint density at radius 1 is 1.41 bits per heavy atom. The van der Waals surface area contributed by atoms with Crippen LogP contribution in [-0.4, -0.2) is 40.3 Å². The Balaban J connectivity index is 2.27. The molecule has 90 valence electrons. The summed E-state index contributed by atoms with van der Waals surface area (Å²) in [6.07, 6.45) is 1.73. The van der Waals surface area contributed by atoms with Crippen molar-refractivity contribution >= 4 is 11.3 Å². The summed E-state index contributed by atoms with van der Waals surface area (Å²) in [5.74, 6) is 0. The van der Waals surface area contributed by atoms with Crippen LogP contribution in [0.1, 0.15) is 0 Å². The first kappa shape index (κ1) is 11.9. The second-order valence-corrected chi connectivity index (χ2v) is 4.82. The topological polar surface area (TPSA) is 51.0 Å². The highest BCUT2D eigenvalue weighted by atomic mass is 32.1. The van der Waals surface area contributed by atoms with Crippen molar-refractivity contribution in [2.45, 2.75) is 6.54 Å². The summed E-state index contributed by atoms with van der Waals surface area (Å²) < 4.78 is 1.48. The molecule has 6 heteroatoms. The third-order valence-corrected chi connectivity index (χ3v) is 3.07. The van der Waals surface area contributed by atoms with Crippen molar-refractivity contribution in [2.75, 3.05) is 20.6 Å². The first-order chi connectivity index (χ1) is 8.16. The van der Waals surface area contributed by atoms with Crippen molar-refractivity contribution in [3.63, 3.8) is 0 Å². The summed E-state index contributed by atoms with van der Waals surface area (Å²) in [5.41, 5.74) is 0.672. The summed E-state index contributed by atoms with van der Waals surface area (Å²) in [7, 11) is 3.94. The van der Waals surface area contributed by atoms with E-state index in [0.717, 1.165) is 17.2 Å². The van der Waals surface area contributed by atoms with Crippen molar-refractivity contribution in [1.82, 2.24) is 19.7 Å². The summed E-state index contributed by atoms with van der Waals surface area (Å²) >= 11 is 1.52. The Labute approximate surface area is 103 Å². The number of rotatable bonds is 4. The molecule has 0 aliphatic heterocycles. The summed E-state index contributed by atoms with van der Waals surface area (Å²) in [6, 6.07) is 3.26. The van der Waals surface area contributed by atoms with Crippen LogP contribution in [0.3, 0.4) is 0 Å². The maximum atomic E-state index is 11.6. The summed E-state index contributed by atoms with van der Waals surface area (Å²) in [4.78, 5) is 17.8. The third kappa shape index (κ3) is 2.98. The van der Waals surface area contributed by atoms with Gasteiger partial charge in [-0.05, 0) is 20.2 Å². The maximum Gasteiger partial charge on any atom is 0.266 e. The fourth-order valence-electron chi connectivity index (χ4n) is 1.37. The first-order valence-electron chi connectivity index (χ1n) is 5.29. The van der Waals surface area contributed by atoms with Gasteiger partial charge in [-0.2, -0.15) is 5.10 Å². The normalized spacial score (nSPS) is 11.0. The molecule has 0 fully saturated rings. The zero-order chi connectivity index (χ0) is 12.3. The number of nitrogens with zero attached hydrogens (tertiary/aromatic N) is 4. The van der Waals surface area contributed by atoms with E-state index in [1.54, 1.807) is 18.3 Å². The van der Waals surface area contributed by atoms with Crippen molar-refractivity contribution in [1.29, 1.82) is 0 Å². The molecule has 0 aliphatic carbocycles. The molecule has 17 heavy (non-hydrogen) atoms. The van der Waals surface area contributed by atoms with Crippen molar-refractivity contribution < 1.29 is 0 Å². The number of likely N-dealkylation sites (N-methyl/N-ethyl adjacent to an activating group) is 1. The van der Waals surface area contributed by atoms with Crippen LogP contribution in [-0.2, 0) is 6.54 Å². The van der Waals surface area contributed by atoms with E-state index in [1.165, 1.54) is 16.0 Å². The predicted octanol–water partition coefficient (Wildman–Crippen LogP) is 0.928. The molecule has 0 aliphatic rings. The van der Waals surface area contributed by atoms with E-state index in [2.05, 4.69) is 10.1 Å². The second kappa shape index (κ2) is 5.20. The lowest BCUT2D eigenvalue weighted by molar-refractivity contribution is 0.368. The molecule has 2 aromatic heterocycles. The lowest BCUT2D eigenvalue weighted by atomic mass is 10.4. The van der Waals surface area contributed by atoms with Gasteiger partial charge in [0, 0.05) is 24.2 Å². The number of hydrogen-bond donors (Lipinski definition) is 0. The van der Waals surface area contributed by atoms with Gasteiger partial charge in [0.25, 0.3) is 5.56 Å². The number of aromatic nitrogens is 3. The summed E-state index contributed by atoms with van der Waals surface area (Å²) in [6.45, 7) is 1.37. The highest BCUT2D eigenvalue weighted by Crippen LogP contribution is 2.17. The Morgan fingerprint density at radius 2 is 2.24 bits per heavy atom. The van der Waals surface area contributed by atoms with Gasteiger partial charge in [-0.25, -0.2) is 9.67 Å². The zero-order valence-electron chi connectivity index (χ0n) is 9.83. The summed E-state index contributed by atoms with van der Waals surface area (Å²) in [5, 5.41) is 7.04. The van der Waals surface area contributed by atoms with Crippen molar-refractivity contribution in [3.8, 4) is 10.7 Å². The Bertz CT molecular complexity index is 533. The molecule has 0 saturated heterocycles. The molecule has 0 aromatic carbocycles. The number of hydrogen-bond acceptors (Lipinski definition) is 5. The molecule has 0 saturated carbocycles. The molecule has 0 spiro atoms. The van der Waals surface area contributed by atoms with Gasteiger partial charge < -0.3 is 4.90 Å². The highest BCUT2D eigenvalue weighted by Gasteiger charge is 2.05. The lowest BCUT2D eigenvalue weighted by Gasteiger charge is -2.10. The van der Waals surface area contributed by atoms with Crippen LogP contribution in [0.25, 0.3) is 10.7 Å². The predicted molar refractivity (Wildman–Crippen MR) is 68.2 cm³/mol. The molecule has 0 N–H and O–H groups in total. The molecule has 0 bridgehead atoms. The van der Waals surface area contributed by atoms with Crippen LogP contribution in [0.2, 0.25) is 0 Å². The largest absolute Gasteiger partial charge is 0.308 e. The van der Waals surface area contributed by atoms with Gasteiger partial charge in [-0.1, -0.05) is 0 Å². The van der Waals surface area contributed by atoms with Gasteiger partial charge in [0.2, 0.25) is 0 Å². The van der Waals surface area contributed by atoms with E-state index >= 15 is 0 Å². The molecule has 5 nitrogen and oxygen atoms in total. The molecule has 0 atom stereocenters. The van der Waals surface area contributed by atoms with Gasteiger partial charge in [-0.3, -0.25) is 4.79 Å². The highest BCUT2D eigenvalue weighted by molar-refractivity contribution is 7.13. The van der Waals surface area contributed by atoms with Crippen LogP contribution in [0, 0.1) is 0 Å². The molecular weight excluding hydrogens is 236 g/mol. The minimum Gasteiger partial charge on any atom is -0.308 e. The fraction of sp³-hybridized carbons (Fsp3) is 0.364. The Kier molecular flexibility index (Phi) is 3.65. The molecule has 0 unspecified atom stereocenters. The monoisotopic (exact) mass is 250 g/mol. The molecule has 0 radical (unpaired) electrons. The van der Waals surface area contributed by atoms with Gasteiger partial charge >= 0.3 is 0 Å². The third-order valence-electron chi connectivity index (χ3n) is 2.28. The molecule has 2 rings (SSSR count). The van der Waals surface area contributed by atoms with E-state index < -0.39 is 0 Å². The van der Waals surface area contributed by atoms with Crippen molar-refractivity contribution in [2.24, 2.45) is 0 Å². The van der Waals surface area contributed by atoms with Gasteiger partial charge in [0.05, 0.1) is 6.54 Å².